The lowest BCUT2D eigenvalue weighted by Crippen LogP contribution is -2.10. The van der Waals surface area contributed by atoms with Gasteiger partial charge in [0.15, 0.2) is 0 Å². The Hall–Kier alpha value is -1.48. The molecule has 0 amide bonds. The predicted octanol–water partition coefficient (Wildman–Crippen LogP) is 2.03. The Labute approximate surface area is 88.9 Å². The van der Waals surface area contributed by atoms with Gasteiger partial charge in [0.05, 0.1) is 13.2 Å². The minimum absolute atomic E-state index is 0.331. The Bertz CT molecular complexity index is 460. The molecule has 0 aliphatic carbocycles. The molecule has 80 valence electrons. The van der Waals surface area contributed by atoms with Crippen LogP contribution in [0.1, 0.15) is 6.92 Å². The summed E-state index contributed by atoms with van der Waals surface area (Å²) in [6.45, 7) is 2.41. The fourth-order valence-corrected chi connectivity index (χ4v) is 1.75. The summed E-state index contributed by atoms with van der Waals surface area (Å²) < 4.78 is 7.20. The fraction of sp³-hybridized carbons (Fsp3) is 0.333. The molecule has 0 fully saturated rings. The Morgan fingerprint density at radius 3 is 2.87 bits per heavy atom. The Morgan fingerprint density at radius 2 is 2.20 bits per heavy atom. The molecule has 1 heterocycles. The zero-order valence-electron chi connectivity index (χ0n) is 8.97. The third kappa shape index (κ3) is 1.97. The number of aliphatic hydroxyl groups excluding tert-OH is 1. The first-order chi connectivity index (χ1) is 7.20. The van der Waals surface area contributed by atoms with Gasteiger partial charge in [-0.05, 0) is 31.2 Å². The molecule has 1 aromatic carbocycles. The van der Waals surface area contributed by atoms with Gasteiger partial charge < -0.3 is 14.4 Å². The van der Waals surface area contributed by atoms with Crippen molar-refractivity contribution in [2.45, 2.75) is 19.6 Å². The second-order valence-electron chi connectivity index (χ2n) is 3.74. The van der Waals surface area contributed by atoms with Crippen molar-refractivity contribution in [1.82, 2.24) is 4.57 Å². The summed E-state index contributed by atoms with van der Waals surface area (Å²) in [5, 5.41) is 10.5. The predicted molar refractivity (Wildman–Crippen MR) is 60.2 cm³/mol. The van der Waals surface area contributed by atoms with Gasteiger partial charge in [0.25, 0.3) is 0 Å². The molecule has 2 rings (SSSR count). The molecule has 0 spiro atoms. The van der Waals surface area contributed by atoms with Gasteiger partial charge >= 0.3 is 0 Å². The lowest BCUT2D eigenvalue weighted by molar-refractivity contribution is 0.175. The highest BCUT2D eigenvalue weighted by Gasteiger charge is 2.04. The first kappa shape index (κ1) is 10.1. The van der Waals surface area contributed by atoms with Crippen LogP contribution in [0.15, 0.2) is 30.5 Å². The Morgan fingerprint density at radius 1 is 1.40 bits per heavy atom. The highest BCUT2D eigenvalue weighted by Crippen LogP contribution is 2.21. The van der Waals surface area contributed by atoms with E-state index in [1.54, 1.807) is 14.0 Å². The highest BCUT2D eigenvalue weighted by molar-refractivity contribution is 5.81. The summed E-state index contributed by atoms with van der Waals surface area (Å²) in [5.41, 5.74) is 1.12. The summed E-state index contributed by atoms with van der Waals surface area (Å²) in [5.74, 6) is 0.859. The summed E-state index contributed by atoms with van der Waals surface area (Å²) in [4.78, 5) is 0. The maximum absolute atomic E-state index is 9.34. The van der Waals surface area contributed by atoms with E-state index >= 15 is 0 Å². The minimum atomic E-state index is -0.331. The van der Waals surface area contributed by atoms with Crippen LogP contribution in [0.4, 0.5) is 0 Å². The van der Waals surface area contributed by atoms with Crippen LogP contribution in [0.25, 0.3) is 10.9 Å². The molecule has 1 atom stereocenters. The monoisotopic (exact) mass is 205 g/mol. The van der Waals surface area contributed by atoms with Crippen LogP contribution in [0.5, 0.6) is 5.75 Å². The highest BCUT2D eigenvalue weighted by atomic mass is 16.5. The first-order valence-electron chi connectivity index (χ1n) is 5.01. The van der Waals surface area contributed by atoms with Crippen molar-refractivity contribution >= 4 is 10.9 Å². The molecule has 0 saturated carbocycles. The minimum Gasteiger partial charge on any atom is -0.497 e. The van der Waals surface area contributed by atoms with Gasteiger partial charge in [-0.25, -0.2) is 0 Å². The molecule has 3 heteroatoms. The van der Waals surface area contributed by atoms with Gasteiger partial charge in [-0.15, -0.1) is 0 Å². The number of aliphatic hydroxyl groups is 1. The number of ether oxygens (including phenoxy) is 1. The number of hydrogen-bond donors (Lipinski definition) is 1. The van der Waals surface area contributed by atoms with Crippen molar-refractivity contribution in [1.29, 1.82) is 0 Å². The molecule has 0 radical (unpaired) electrons. The third-order valence-electron chi connectivity index (χ3n) is 2.44. The largest absolute Gasteiger partial charge is 0.497 e. The molecule has 1 aromatic heterocycles. The molecular weight excluding hydrogens is 190 g/mol. The van der Waals surface area contributed by atoms with E-state index in [2.05, 4.69) is 0 Å². The van der Waals surface area contributed by atoms with E-state index in [1.165, 1.54) is 0 Å². The number of hydrogen-bond acceptors (Lipinski definition) is 2. The van der Waals surface area contributed by atoms with E-state index in [-0.39, 0.29) is 6.10 Å². The van der Waals surface area contributed by atoms with Crippen molar-refractivity contribution < 1.29 is 9.84 Å². The normalized spacial score (nSPS) is 13.0. The van der Waals surface area contributed by atoms with Crippen LogP contribution in [0.3, 0.4) is 0 Å². The Kier molecular flexibility index (Phi) is 2.64. The first-order valence-corrected chi connectivity index (χ1v) is 5.01. The second-order valence-corrected chi connectivity index (χ2v) is 3.74. The van der Waals surface area contributed by atoms with Crippen molar-refractivity contribution in [2.24, 2.45) is 0 Å². The topological polar surface area (TPSA) is 34.4 Å². The smallest absolute Gasteiger partial charge is 0.119 e. The van der Waals surface area contributed by atoms with Gasteiger partial charge in [-0.1, -0.05) is 0 Å². The van der Waals surface area contributed by atoms with Crippen LogP contribution in [0.2, 0.25) is 0 Å². The second kappa shape index (κ2) is 3.95. The van der Waals surface area contributed by atoms with Gasteiger partial charge in [0, 0.05) is 23.6 Å². The number of benzene rings is 1. The third-order valence-corrected chi connectivity index (χ3v) is 2.44. The van der Waals surface area contributed by atoms with E-state index in [0.717, 1.165) is 16.7 Å². The van der Waals surface area contributed by atoms with E-state index in [9.17, 15) is 5.11 Å². The molecule has 1 N–H and O–H groups in total. The Balaban J connectivity index is 2.43. The van der Waals surface area contributed by atoms with Gasteiger partial charge in [0.2, 0.25) is 0 Å². The summed E-state index contributed by atoms with van der Waals surface area (Å²) in [6, 6.07) is 7.96. The average Bonchev–Trinajstić information content (AvgIpc) is 2.60. The molecule has 0 unspecified atom stereocenters. The summed E-state index contributed by atoms with van der Waals surface area (Å²) >= 11 is 0. The number of fused-ring (bicyclic) bond motifs is 1. The SMILES string of the molecule is COc1ccc2c(ccn2C[C@H](C)O)c1. The molecule has 0 aliphatic rings. The van der Waals surface area contributed by atoms with E-state index in [0.29, 0.717) is 6.54 Å². The zero-order valence-corrected chi connectivity index (χ0v) is 8.97. The van der Waals surface area contributed by atoms with Crippen molar-refractivity contribution in [3.8, 4) is 5.75 Å². The van der Waals surface area contributed by atoms with Gasteiger partial charge in [-0.3, -0.25) is 0 Å². The number of aromatic nitrogens is 1. The number of methoxy groups -OCH3 is 1. The molecule has 2 aromatic rings. The van der Waals surface area contributed by atoms with E-state index in [4.69, 9.17) is 4.74 Å². The van der Waals surface area contributed by atoms with Crippen LogP contribution < -0.4 is 4.74 Å². The average molecular weight is 205 g/mol. The maximum atomic E-state index is 9.34. The van der Waals surface area contributed by atoms with Gasteiger partial charge in [0.1, 0.15) is 5.75 Å². The van der Waals surface area contributed by atoms with Gasteiger partial charge in [-0.2, -0.15) is 0 Å². The van der Waals surface area contributed by atoms with Crippen LogP contribution >= 0.6 is 0 Å². The maximum Gasteiger partial charge on any atom is 0.119 e. The molecule has 0 aliphatic heterocycles. The molecule has 0 saturated heterocycles. The molecule has 15 heavy (non-hydrogen) atoms. The molecule has 0 bridgehead atoms. The van der Waals surface area contributed by atoms with Crippen LogP contribution in [-0.4, -0.2) is 22.9 Å². The van der Waals surface area contributed by atoms with Crippen LogP contribution in [-0.2, 0) is 6.54 Å². The summed E-state index contributed by atoms with van der Waals surface area (Å²) in [6.07, 6.45) is 1.65. The zero-order chi connectivity index (χ0) is 10.8. The van der Waals surface area contributed by atoms with E-state index in [1.807, 2.05) is 35.0 Å². The standard InChI is InChI=1S/C12H15NO2/c1-9(14)8-13-6-5-10-7-11(15-2)3-4-12(10)13/h3-7,9,14H,8H2,1-2H3/t9-/m0/s1. The van der Waals surface area contributed by atoms with Crippen molar-refractivity contribution in [2.75, 3.05) is 7.11 Å². The fourth-order valence-electron chi connectivity index (χ4n) is 1.75. The lowest BCUT2D eigenvalue weighted by atomic mass is 10.2. The van der Waals surface area contributed by atoms with Crippen LogP contribution in [0, 0.1) is 0 Å². The molecule has 3 nitrogen and oxygen atoms in total. The quantitative estimate of drug-likeness (QED) is 0.832. The number of nitrogens with zero attached hydrogens (tertiary/aromatic N) is 1. The lowest BCUT2D eigenvalue weighted by Gasteiger charge is -2.07. The summed E-state index contributed by atoms with van der Waals surface area (Å²) in [7, 11) is 1.66. The molecular formula is C12H15NO2. The number of rotatable bonds is 3. The van der Waals surface area contributed by atoms with Crippen molar-refractivity contribution in [3.05, 3.63) is 30.5 Å². The van der Waals surface area contributed by atoms with E-state index < -0.39 is 0 Å². The van der Waals surface area contributed by atoms with Crippen molar-refractivity contribution in [3.63, 3.8) is 0 Å².